The molecule has 5 rings (SSSR count). The number of anilines is 1. The van der Waals surface area contributed by atoms with Crippen LogP contribution in [0, 0.1) is 0 Å². The van der Waals surface area contributed by atoms with Gasteiger partial charge in [0.05, 0.1) is 6.04 Å². The SMILES string of the molecule is O=C(CN1C(=O)/C(=C\c2ccccc2)OC2CCCCC21)N1CCN(c2ccccn2)CC1. The van der Waals surface area contributed by atoms with Crippen LogP contribution in [-0.4, -0.2) is 71.5 Å². The Balaban J connectivity index is 1.28. The van der Waals surface area contributed by atoms with E-state index in [0.29, 0.717) is 18.8 Å². The van der Waals surface area contributed by atoms with E-state index in [-0.39, 0.29) is 30.5 Å². The molecule has 172 valence electrons. The number of morpholine rings is 1. The molecule has 1 aromatic heterocycles. The van der Waals surface area contributed by atoms with E-state index in [9.17, 15) is 9.59 Å². The van der Waals surface area contributed by atoms with Crippen LogP contribution < -0.4 is 4.90 Å². The molecule has 3 aliphatic rings. The molecule has 1 saturated carbocycles. The maximum Gasteiger partial charge on any atom is 0.289 e. The summed E-state index contributed by atoms with van der Waals surface area (Å²) in [6.07, 6.45) is 7.50. The standard InChI is InChI=1S/C26H30N4O3/c31-25(29-16-14-28(15-17-29)24-12-6-7-13-27-24)19-30-21-10-4-5-11-22(21)33-23(26(30)32)18-20-8-2-1-3-9-20/h1-3,6-9,12-13,18,21-22H,4-5,10-11,14-17,19H2/b23-18+. The largest absolute Gasteiger partial charge is 0.482 e. The Hall–Kier alpha value is -3.35. The number of amides is 2. The molecule has 2 unspecified atom stereocenters. The molecule has 0 N–H and O–H groups in total. The van der Waals surface area contributed by atoms with E-state index in [1.807, 2.05) is 53.4 Å². The van der Waals surface area contributed by atoms with Crippen LogP contribution in [0.15, 0.2) is 60.5 Å². The van der Waals surface area contributed by atoms with Crippen LogP contribution in [-0.2, 0) is 14.3 Å². The molecule has 3 fully saturated rings. The molecule has 3 heterocycles. The first kappa shape index (κ1) is 21.5. The van der Waals surface area contributed by atoms with Gasteiger partial charge in [-0.25, -0.2) is 4.98 Å². The zero-order chi connectivity index (χ0) is 22.6. The molecule has 2 aliphatic heterocycles. The van der Waals surface area contributed by atoms with Crippen molar-refractivity contribution < 1.29 is 14.3 Å². The number of piperazine rings is 1. The lowest BCUT2D eigenvalue weighted by Crippen LogP contribution is -2.58. The van der Waals surface area contributed by atoms with Crippen LogP contribution in [0.5, 0.6) is 0 Å². The van der Waals surface area contributed by atoms with Gasteiger partial charge in [0, 0.05) is 32.4 Å². The summed E-state index contributed by atoms with van der Waals surface area (Å²) >= 11 is 0. The molecule has 2 atom stereocenters. The number of hydrogen-bond donors (Lipinski definition) is 0. The number of fused-ring (bicyclic) bond motifs is 1. The van der Waals surface area contributed by atoms with Crippen LogP contribution in [0.25, 0.3) is 6.08 Å². The van der Waals surface area contributed by atoms with Gasteiger partial charge in [0.15, 0.2) is 5.76 Å². The molecule has 1 aliphatic carbocycles. The van der Waals surface area contributed by atoms with Gasteiger partial charge in [0.25, 0.3) is 5.91 Å². The van der Waals surface area contributed by atoms with E-state index in [0.717, 1.165) is 50.2 Å². The number of carbonyl (C=O) groups is 2. The minimum absolute atomic E-state index is 0.00862. The van der Waals surface area contributed by atoms with Crippen molar-refractivity contribution in [1.82, 2.24) is 14.8 Å². The predicted octanol–water partition coefficient (Wildman–Crippen LogP) is 2.94. The highest BCUT2D eigenvalue weighted by Crippen LogP contribution is 2.33. The summed E-state index contributed by atoms with van der Waals surface area (Å²) in [6.45, 7) is 2.86. The van der Waals surface area contributed by atoms with Crippen molar-refractivity contribution >= 4 is 23.7 Å². The molecule has 2 amide bonds. The van der Waals surface area contributed by atoms with Gasteiger partial charge in [0.2, 0.25) is 5.91 Å². The normalized spacial score (nSPS) is 24.4. The van der Waals surface area contributed by atoms with Crippen molar-refractivity contribution in [3.8, 4) is 0 Å². The van der Waals surface area contributed by atoms with E-state index in [4.69, 9.17) is 4.74 Å². The Morgan fingerprint density at radius 2 is 1.76 bits per heavy atom. The molecule has 7 heteroatoms. The van der Waals surface area contributed by atoms with Gasteiger partial charge in [-0.15, -0.1) is 0 Å². The van der Waals surface area contributed by atoms with Crippen molar-refractivity contribution in [1.29, 1.82) is 0 Å². The molecule has 7 nitrogen and oxygen atoms in total. The van der Waals surface area contributed by atoms with Crippen LogP contribution in [0.2, 0.25) is 0 Å². The fourth-order valence-electron chi connectivity index (χ4n) is 5.03. The molecule has 1 aromatic carbocycles. The average molecular weight is 447 g/mol. The van der Waals surface area contributed by atoms with Crippen LogP contribution in [0.1, 0.15) is 31.2 Å². The highest BCUT2D eigenvalue weighted by Gasteiger charge is 2.42. The minimum Gasteiger partial charge on any atom is -0.482 e. The van der Waals surface area contributed by atoms with Gasteiger partial charge >= 0.3 is 0 Å². The quantitative estimate of drug-likeness (QED) is 0.676. The first-order chi connectivity index (χ1) is 16.2. The number of nitrogens with zero attached hydrogens (tertiary/aromatic N) is 4. The summed E-state index contributed by atoms with van der Waals surface area (Å²) in [5, 5.41) is 0. The Kier molecular flexibility index (Phi) is 6.28. The number of pyridine rings is 1. The van der Waals surface area contributed by atoms with Crippen molar-refractivity contribution in [2.75, 3.05) is 37.6 Å². The average Bonchev–Trinajstić information content (AvgIpc) is 2.87. The van der Waals surface area contributed by atoms with Crippen LogP contribution >= 0.6 is 0 Å². The van der Waals surface area contributed by atoms with Gasteiger partial charge in [-0.05, 0) is 43.0 Å². The Morgan fingerprint density at radius 3 is 2.52 bits per heavy atom. The van der Waals surface area contributed by atoms with Gasteiger partial charge in [-0.2, -0.15) is 0 Å². The number of rotatable bonds is 4. The van der Waals surface area contributed by atoms with E-state index in [1.54, 1.807) is 17.2 Å². The maximum atomic E-state index is 13.4. The molecule has 2 aromatic rings. The highest BCUT2D eigenvalue weighted by molar-refractivity contribution is 5.98. The Morgan fingerprint density at radius 1 is 1.00 bits per heavy atom. The van der Waals surface area contributed by atoms with Crippen molar-refractivity contribution in [3.05, 3.63) is 66.1 Å². The van der Waals surface area contributed by atoms with Gasteiger partial charge in [-0.3, -0.25) is 9.59 Å². The molecule has 2 saturated heterocycles. The fourth-order valence-corrected chi connectivity index (χ4v) is 5.03. The third-order valence-electron chi connectivity index (χ3n) is 6.83. The number of benzene rings is 1. The van der Waals surface area contributed by atoms with Gasteiger partial charge < -0.3 is 19.4 Å². The van der Waals surface area contributed by atoms with E-state index >= 15 is 0 Å². The number of ether oxygens (including phenoxy) is 1. The second kappa shape index (κ2) is 9.65. The monoisotopic (exact) mass is 446 g/mol. The number of aromatic nitrogens is 1. The zero-order valence-electron chi connectivity index (χ0n) is 18.8. The smallest absolute Gasteiger partial charge is 0.289 e. The van der Waals surface area contributed by atoms with Gasteiger partial charge in [0.1, 0.15) is 18.5 Å². The van der Waals surface area contributed by atoms with Crippen LogP contribution in [0.4, 0.5) is 5.82 Å². The first-order valence-electron chi connectivity index (χ1n) is 11.9. The lowest BCUT2D eigenvalue weighted by molar-refractivity contribution is -0.154. The summed E-state index contributed by atoms with van der Waals surface area (Å²) in [4.78, 5) is 36.9. The zero-order valence-corrected chi connectivity index (χ0v) is 18.8. The topological polar surface area (TPSA) is 66.0 Å². The Bertz CT molecular complexity index is 1000. The van der Waals surface area contributed by atoms with Crippen LogP contribution in [0.3, 0.4) is 0 Å². The van der Waals surface area contributed by atoms with E-state index in [1.165, 1.54) is 0 Å². The fraction of sp³-hybridized carbons (Fsp3) is 0.423. The minimum atomic E-state index is -0.178. The molecular formula is C26H30N4O3. The third-order valence-corrected chi connectivity index (χ3v) is 6.83. The van der Waals surface area contributed by atoms with Crippen molar-refractivity contribution in [3.63, 3.8) is 0 Å². The molecule has 0 bridgehead atoms. The van der Waals surface area contributed by atoms with E-state index in [2.05, 4.69) is 9.88 Å². The summed E-state index contributed by atoms with van der Waals surface area (Å²) in [5.41, 5.74) is 0.923. The maximum absolute atomic E-state index is 13.4. The van der Waals surface area contributed by atoms with Gasteiger partial charge in [-0.1, -0.05) is 42.8 Å². The second-order valence-electron chi connectivity index (χ2n) is 8.92. The van der Waals surface area contributed by atoms with Crippen molar-refractivity contribution in [2.24, 2.45) is 0 Å². The number of carbonyl (C=O) groups excluding carboxylic acids is 2. The first-order valence-corrected chi connectivity index (χ1v) is 11.9. The lowest BCUT2D eigenvalue weighted by Gasteiger charge is -2.45. The predicted molar refractivity (Wildman–Crippen MR) is 126 cm³/mol. The molecule has 0 radical (unpaired) electrons. The molecule has 33 heavy (non-hydrogen) atoms. The molecule has 0 spiro atoms. The summed E-state index contributed by atoms with van der Waals surface area (Å²) in [5.74, 6) is 1.11. The van der Waals surface area contributed by atoms with Crippen molar-refractivity contribution in [2.45, 2.75) is 37.8 Å². The molecular weight excluding hydrogens is 416 g/mol. The Labute approximate surface area is 194 Å². The third kappa shape index (κ3) is 4.72. The summed E-state index contributed by atoms with van der Waals surface area (Å²) in [6, 6.07) is 15.6. The lowest BCUT2D eigenvalue weighted by atomic mass is 9.89. The number of hydrogen-bond acceptors (Lipinski definition) is 5. The summed E-state index contributed by atoms with van der Waals surface area (Å²) < 4.78 is 6.16. The summed E-state index contributed by atoms with van der Waals surface area (Å²) in [7, 11) is 0. The second-order valence-corrected chi connectivity index (χ2v) is 8.92. The highest BCUT2D eigenvalue weighted by atomic mass is 16.5. The van der Waals surface area contributed by atoms with E-state index < -0.39 is 0 Å².